The highest BCUT2D eigenvalue weighted by atomic mass is 16.5. The molecule has 5 nitrogen and oxygen atoms in total. The van der Waals surface area contributed by atoms with Gasteiger partial charge in [0.05, 0.1) is 19.1 Å². The first-order valence-corrected chi connectivity index (χ1v) is 4.42. The molecule has 2 atom stereocenters. The summed E-state index contributed by atoms with van der Waals surface area (Å²) in [6.45, 7) is 1.49. The molecule has 1 aromatic heterocycles. The molecule has 2 rings (SSSR count). The summed E-state index contributed by atoms with van der Waals surface area (Å²) in [7, 11) is 3.91. The number of ether oxygens (including phenoxy) is 1. The molecule has 0 saturated carbocycles. The van der Waals surface area contributed by atoms with Crippen LogP contribution in [0.1, 0.15) is 11.7 Å². The molecule has 0 radical (unpaired) electrons. The van der Waals surface area contributed by atoms with Gasteiger partial charge in [0, 0.05) is 13.1 Å². The minimum atomic E-state index is 0.331. The average Bonchev–Trinajstić information content (AvgIpc) is 2.71. The quantitative estimate of drug-likeness (QED) is 0.671. The van der Waals surface area contributed by atoms with Crippen LogP contribution >= 0.6 is 0 Å². The first kappa shape index (κ1) is 8.65. The van der Waals surface area contributed by atoms with Gasteiger partial charge >= 0.3 is 0 Å². The van der Waals surface area contributed by atoms with Crippen molar-refractivity contribution in [1.29, 1.82) is 0 Å². The van der Waals surface area contributed by atoms with E-state index in [1.165, 1.54) is 0 Å². The molecule has 0 spiro atoms. The van der Waals surface area contributed by atoms with E-state index in [-0.39, 0.29) is 0 Å². The Morgan fingerprint density at radius 3 is 3.08 bits per heavy atom. The summed E-state index contributed by atoms with van der Waals surface area (Å²) < 4.78 is 7.34. The van der Waals surface area contributed by atoms with Gasteiger partial charge in [-0.15, -0.1) is 10.2 Å². The second kappa shape index (κ2) is 3.43. The molecular formula is C8H14N4O. The van der Waals surface area contributed by atoms with Gasteiger partial charge in [-0.1, -0.05) is 0 Å². The molecule has 13 heavy (non-hydrogen) atoms. The van der Waals surface area contributed by atoms with Crippen LogP contribution < -0.4 is 5.32 Å². The van der Waals surface area contributed by atoms with Crippen molar-refractivity contribution in [3.05, 3.63) is 12.2 Å². The number of hydrogen-bond donors (Lipinski definition) is 1. The molecule has 1 fully saturated rings. The molecule has 1 aromatic rings. The van der Waals surface area contributed by atoms with E-state index in [1.807, 2.05) is 18.7 Å². The maximum atomic E-state index is 5.40. The Hall–Kier alpha value is -0.940. The lowest BCUT2D eigenvalue weighted by molar-refractivity contribution is 0.187. The molecule has 0 aliphatic carbocycles. The van der Waals surface area contributed by atoms with Crippen molar-refractivity contribution in [1.82, 2.24) is 20.1 Å². The van der Waals surface area contributed by atoms with Crippen LogP contribution in [0.15, 0.2) is 6.33 Å². The zero-order valence-corrected chi connectivity index (χ0v) is 7.90. The van der Waals surface area contributed by atoms with Crippen molar-refractivity contribution in [2.24, 2.45) is 7.05 Å². The Morgan fingerprint density at radius 2 is 2.46 bits per heavy atom. The van der Waals surface area contributed by atoms with Gasteiger partial charge in [-0.2, -0.15) is 0 Å². The second-order valence-electron chi connectivity index (χ2n) is 3.34. The Kier molecular flexibility index (Phi) is 2.28. The van der Waals surface area contributed by atoms with Gasteiger partial charge in [-0.3, -0.25) is 0 Å². The molecular weight excluding hydrogens is 168 g/mol. The molecule has 5 heteroatoms. The van der Waals surface area contributed by atoms with Crippen LogP contribution in [0.3, 0.4) is 0 Å². The summed E-state index contributed by atoms with van der Waals surface area (Å²) in [5.74, 6) is 1.33. The van der Waals surface area contributed by atoms with Crippen molar-refractivity contribution in [3.63, 3.8) is 0 Å². The monoisotopic (exact) mass is 182 g/mol. The van der Waals surface area contributed by atoms with Crippen molar-refractivity contribution < 1.29 is 4.74 Å². The molecule has 72 valence electrons. The minimum absolute atomic E-state index is 0.331. The van der Waals surface area contributed by atoms with Crippen LogP contribution in [0.4, 0.5) is 0 Å². The molecule has 0 amide bonds. The Balaban J connectivity index is 2.20. The third kappa shape index (κ3) is 1.45. The zero-order valence-electron chi connectivity index (χ0n) is 7.90. The van der Waals surface area contributed by atoms with Crippen molar-refractivity contribution in [2.75, 3.05) is 20.3 Å². The average molecular weight is 182 g/mol. The number of rotatable bonds is 2. The molecule has 0 aromatic carbocycles. The SMILES string of the molecule is CNC1COCC1c1nncn1C. The van der Waals surface area contributed by atoms with Crippen LogP contribution in [0.25, 0.3) is 0 Å². The zero-order chi connectivity index (χ0) is 9.26. The Morgan fingerprint density at radius 1 is 1.62 bits per heavy atom. The smallest absolute Gasteiger partial charge is 0.139 e. The first-order chi connectivity index (χ1) is 6.33. The predicted octanol–water partition coefficient (Wildman–Crippen LogP) is -0.483. The van der Waals surface area contributed by atoms with E-state index in [0.29, 0.717) is 12.0 Å². The highest BCUT2D eigenvalue weighted by molar-refractivity contribution is 5.04. The Labute approximate surface area is 77.1 Å². The predicted molar refractivity (Wildman–Crippen MR) is 47.4 cm³/mol. The third-order valence-corrected chi connectivity index (χ3v) is 2.53. The summed E-state index contributed by atoms with van der Waals surface area (Å²) in [5.41, 5.74) is 0. The lowest BCUT2D eigenvalue weighted by Crippen LogP contribution is -2.32. The van der Waals surface area contributed by atoms with Gasteiger partial charge in [0.2, 0.25) is 0 Å². The lowest BCUT2D eigenvalue weighted by atomic mass is 10.0. The van der Waals surface area contributed by atoms with Gasteiger partial charge in [0.25, 0.3) is 0 Å². The van der Waals surface area contributed by atoms with Gasteiger partial charge < -0.3 is 14.6 Å². The summed E-state index contributed by atoms with van der Waals surface area (Å²) in [6.07, 6.45) is 1.72. The number of aromatic nitrogens is 3. The van der Waals surface area contributed by atoms with Crippen LogP contribution in [0.2, 0.25) is 0 Å². The maximum Gasteiger partial charge on any atom is 0.139 e. The molecule has 0 bridgehead atoms. The fraction of sp³-hybridized carbons (Fsp3) is 0.750. The van der Waals surface area contributed by atoms with Gasteiger partial charge in [-0.05, 0) is 7.05 Å². The van der Waals surface area contributed by atoms with Gasteiger partial charge in [0.15, 0.2) is 0 Å². The van der Waals surface area contributed by atoms with Gasteiger partial charge in [-0.25, -0.2) is 0 Å². The highest BCUT2D eigenvalue weighted by Crippen LogP contribution is 2.22. The molecule has 1 aliphatic rings. The van der Waals surface area contributed by atoms with E-state index in [2.05, 4.69) is 15.5 Å². The summed E-state index contributed by atoms with van der Waals surface area (Å²) in [5, 5.41) is 11.2. The lowest BCUT2D eigenvalue weighted by Gasteiger charge is -2.15. The van der Waals surface area contributed by atoms with E-state index in [4.69, 9.17) is 4.74 Å². The number of hydrogen-bond acceptors (Lipinski definition) is 4. The summed E-state index contributed by atoms with van der Waals surface area (Å²) >= 11 is 0. The standard InChI is InChI=1S/C8H14N4O/c1-9-7-4-13-3-6(7)8-11-10-5-12(8)2/h5-7,9H,3-4H2,1-2H3. The summed E-state index contributed by atoms with van der Waals surface area (Å²) in [4.78, 5) is 0. The molecule has 2 unspecified atom stereocenters. The van der Waals surface area contributed by atoms with Crippen LogP contribution in [0.5, 0.6) is 0 Å². The van der Waals surface area contributed by atoms with Crippen LogP contribution in [-0.2, 0) is 11.8 Å². The molecule has 1 saturated heterocycles. The third-order valence-electron chi connectivity index (χ3n) is 2.53. The van der Waals surface area contributed by atoms with E-state index in [9.17, 15) is 0 Å². The minimum Gasteiger partial charge on any atom is -0.379 e. The first-order valence-electron chi connectivity index (χ1n) is 4.42. The van der Waals surface area contributed by atoms with Crippen molar-refractivity contribution in [2.45, 2.75) is 12.0 Å². The van der Waals surface area contributed by atoms with E-state index < -0.39 is 0 Å². The number of aryl methyl sites for hydroxylation is 1. The number of nitrogens with one attached hydrogen (secondary N) is 1. The largest absolute Gasteiger partial charge is 0.379 e. The highest BCUT2D eigenvalue weighted by Gasteiger charge is 2.31. The van der Waals surface area contributed by atoms with Gasteiger partial charge in [0.1, 0.15) is 12.2 Å². The van der Waals surface area contributed by atoms with Crippen LogP contribution in [-0.4, -0.2) is 41.1 Å². The summed E-state index contributed by atoms with van der Waals surface area (Å²) in [6, 6.07) is 0.364. The molecule has 1 N–H and O–H groups in total. The Bertz CT molecular complexity index is 285. The molecule has 1 aliphatic heterocycles. The normalized spacial score (nSPS) is 28.2. The topological polar surface area (TPSA) is 52.0 Å². The number of likely N-dealkylation sites (N-methyl/N-ethyl adjacent to an activating group) is 1. The van der Waals surface area contributed by atoms with Crippen molar-refractivity contribution >= 4 is 0 Å². The van der Waals surface area contributed by atoms with Crippen molar-refractivity contribution in [3.8, 4) is 0 Å². The van der Waals surface area contributed by atoms with E-state index in [0.717, 1.165) is 19.0 Å². The fourth-order valence-corrected chi connectivity index (χ4v) is 1.72. The van der Waals surface area contributed by atoms with E-state index in [1.54, 1.807) is 6.33 Å². The van der Waals surface area contributed by atoms with Crippen LogP contribution in [0, 0.1) is 0 Å². The fourth-order valence-electron chi connectivity index (χ4n) is 1.72. The molecule has 2 heterocycles. The second-order valence-corrected chi connectivity index (χ2v) is 3.34. The van der Waals surface area contributed by atoms with E-state index >= 15 is 0 Å². The number of nitrogens with zero attached hydrogens (tertiary/aromatic N) is 3. The maximum absolute atomic E-state index is 5.40.